The van der Waals surface area contributed by atoms with Crippen LogP contribution in [0.1, 0.15) is 25.3 Å². The second-order valence-corrected chi connectivity index (χ2v) is 6.37. The van der Waals surface area contributed by atoms with Crippen LogP contribution < -0.4 is 9.47 Å². The van der Waals surface area contributed by atoms with E-state index in [0.717, 1.165) is 28.8 Å². The van der Waals surface area contributed by atoms with Crippen LogP contribution in [0.25, 0.3) is 0 Å². The van der Waals surface area contributed by atoms with Crippen LogP contribution in [0, 0.1) is 5.92 Å². The maximum atomic E-state index is 11.0. The van der Waals surface area contributed by atoms with Gasteiger partial charge >= 0.3 is 5.97 Å². The third-order valence-corrected chi connectivity index (χ3v) is 4.36. The molecule has 0 spiro atoms. The molecule has 22 heavy (non-hydrogen) atoms. The number of hydrogen-bond acceptors (Lipinski definition) is 4. The summed E-state index contributed by atoms with van der Waals surface area (Å²) in [6.45, 7) is 4.82. The van der Waals surface area contributed by atoms with Crippen molar-refractivity contribution in [3.8, 4) is 11.5 Å². The minimum Gasteiger partial charge on any atom is -0.493 e. The summed E-state index contributed by atoms with van der Waals surface area (Å²) < 4.78 is 12.0. The summed E-state index contributed by atoms with van der Waals surface area (Å²) in [7, 11) is 1.63. The van der Waals surface area contributed by atoms with Crippen molar-refractivity contribution in [3.63, 3.8) is 0 Å². The first-order valence-electron chi connectivity index (χ1n) is 7.49. The number of likely N-dealkylation sites (tertiary alicyclic amines) is 1. The molecule has 0 amide bonds. The summed E-state index contributed by atoms with van der Waals surface area (Å²) in [6.07, 6.45) is 1.65. The molecule has 5 nitrogen and oxygen atoms in total. The number of carboxylic acid groups (broad SMARTS) is 1. The van der Waals surface area contributed by atoms with E-state index in [1.165, 1.54) is 0 Å². The Balaban J connectivity index is 2.09. The number of aliphatic carboxylic acids is 1. The number of carbonyl (C=O) groups is 1. The van der Waals surface area contributed by atoms with E-state index >= 15 is 0 Å². The molecule has 1 aromatic rings. The number of methoxy groups -OCH3 is 1. The quantitative estimate of drug-likeness (QED) is 0.797. The van der Waals surface area contributed by atoms with E-state index in [4.69, 9.17) is 14.6 Å². The van der Waals surface area contributed by atoms with Gasteiger partial charge in [0.2, 0.25) is 0 Å². The minimum absolute atomic E-state index is 0.252. The highest BCUT2D eigenvalue weighted by molar-refractivity contribution is 9.10. The van der Waals surface area contributed by atoms with Crippen LogP contribution in [0.2, 0.25) is 0 Å². The van der Waals surface area contributed by atoms with E-state index in [1.54, 1.807) is 7.11 Å². The number of hydrogen-bond donors (Lipinski definition) is 1. The number of nitrogens with zero attached hydrogens (tertiary/aromatic N) is 1. The SMILES string of the molecule is CCCOc1c(Br)cc(CN2CCC(C(=O)O)C2)cc1OC. The Morgan fingerprint density at radius 3 is 2.86 bits per heavy atom. The minimum atomic E-state index is -0.704. The Bertz CT molecular complexity index is 535. The Labute approximate surface area is 139 Å². The fourth-order valence-corrected chi connectivity index (χ4v) is 3.25. The second-order valence-electron chi connectivity index (χ2n) is 5.52. The van der Waals surface area contributed by atoms with Crippen LogP contribution in [-0.2, 0) is 11.3 Å². The molecule has 1 aromatic carbocycles. The molecule has 0 saturated carbocycles. The summed E-state index contributed by atoms with van der Waals surface area (Å²) in [6, 6.07) is 3.98. The average Bonchev–Trinajstić information content (AvgIpc) is 2.94. The molecule has 0 aromatic heterocycles. The number of halogens is 1. The van der Waals surface area contributed by atoms with Gasteiger partial charge in [-0.1, -0.05) is 6.92 Å². The first-order valence-corrected chi connectivity index (χ1v) is 8.28. The summed E-state index contributed by atoms with van der Waals surface area (Å²) in [5, 5.41) is 9.07. The van der Waals surface area contributed by atoms with E-state index < -0.39 is 5.97 Å². The molecule has 6 heteroatoms. The fraction of sp³-hybridized carbons (Fsp3) is 0.562. The van der Waals surface area contributed by atoms with Gasteiger partial charge in [0.15, 0.2) is 11.5 Å². The maximum absolute atomic E-state index is 11.0. The molecule has 1 aliphatic rings. The van der Waals surface area contributed by atoms with Gasteiger partial charge < -0.3 is 14.6 Å². The van der Waals surface area contributed by atoms with Crippen molar-refractivity contribution >= 4 is 21.9 Å². The van der Waals surface area contributed by atoms with Crippen LogP contribution in [-0.4, -0.2) is 42.8 Å². The van der Waals surface area contributed by atoms with Crippen molar-refractivity contribution in [1.29, 1.82) is 0 Å². The normalized spacial score (nSPS) is 18.4. The lowest BCUT2D eigenvalue weighted by atomic mass is 10.1. The molecular weight excluding hydrogens is 350 g/mol. The van der Waals surface area contributed by atoms with Crippen molar-refractivity contribution < 1.29 is 19.4 Å². The van der Waals surface area contributed by atoms with Crippen LogP contribution in [0.4, 0.5) is 0 Å². The topological polar surface area (TPSA) is 59.0 Å². The molecule has 0 bridgehead atoms. The molecule has 1 heterocycles. The lowest BCUT2D eigenvalue weighted by Gasteiger charge is -2.18. The molecule has 1 saturated heterocycles. The molecular formula is C16H22BrNO4. The Morgan fingerprint density at radius 1 is 1.50 bits per heavy atom. The Kier molecular flexibility index (Phi) is 6.08. The van der Waals surface area contributed by atoms with Crippen LogP contribution in [0.3, 0.4) is 0 Å². The highest BCUT2D eigenvalue weighted by Crippen LogP contribution is 2.37. The van der Waals surface area contributed by atoms with Gasteiger partial charge in [-0.15, -0.1) is 0 Å². The molecule has 0 aliphatic carbocycles. The van der Waals surface area contributed by atoms with Crippen molar-refractivity contribution in [1.82, 2.24) is 4.90 Å². The number of benzene rings is 1. The smallest absolute Gasteiger partial charge is 0.307 e. The Hall–Kier alpha value is -1.27. The van der Waals surface area contributed by atoms with Gasteiger partial charge in [0.25, 0.3) is 0 Å². The molecule has 1 fully saturated rings. The average molecular weight is 372 g/mol. The number of carboxylic acids is 1. The van der Waals surface area contributed by atoms with E-state index in [-0.39, 0.29) is 5.92 Å². The second kappa shape index (κ2) is 7.83. The standard InChI is InChI=1S/C16H22BrNO4/c1-3-6-22-15-13(17)7-11(8-14(15)21-2)9-18-5-4-12(10-18)16(19)20/h7-8,12H,3-6,9-10H2,1-2H3,(H,19,20). The molecule has 1 N–H and O–H groups in total. The largest absolute Gasteiger partial charge is 0.493 e. The first kappa shape index (κ1) is 17.1. The van der Waals surface area contributed by atoms with Crippen molar-refractivity contribution in [2.45, 2.75) is 26.3 Å². The number of rotatable bonds is 7. The summed E-state index contributed by atoms with van der Waals surface area (Å²) >= 11 is 3.54. The van der Waals surface area contributed by atoms with Gasteiger partial charge in [-0.2, -0.15) is 0 Å². The van der Waals surface area contributed by atoms with Crippen molar-refractivity contribution in [3.05, 3.63) is 22.2 Å². The van der Waals surface area contributed by atoms with Crippen molar-refractivity contribution in [2.24, 2.45) is 5.92 Å². The molecule has 122 valence electrons. The van der Waals surface area contributed by atoms with Crippen LogP contribution in [0.15, 0.2) is 16.6 Å². The predicted octanol–water partition coefficient (Wildman–Crippen LogP) is 3.15. The van der Waals surface area contributed by atoms with E-state index in [1.807, 2.05) is 12.1 Å². The van der Waals surface area contributed by atoms with Crippen LogP contribution >= 0.6 is 15.9 Å². The van der Waals surface area contributed by atoms with Gasteiger partial charge in [-0.05, 0) is 53.0 Å². The molecule has 1 unspecified atom stereocenters. The highest BCUT2D eigenvalue weighted by Gasteiger charge is 2.28. The van der Waals surface area contributed by atoms with Gasteiger partial charge in [-0.25, -0.2) is 0 Å². The lowest BCUT2D eigenvalue weighted by Crippen LogP contribution is -2.22. The third-order valence-electron chi connectivity index (χ3n) is 3.77. The van der Waals surface area contributed by atoms with Crippen LogP contribution in [0.5, 0.6) is 11.5 Å². The lowest BCUT2D eigenvalue weighted by molar-refractivity contribution is -0.141. The summed E-state index contributed by atoms with van der Waals surface area (Å²) in [5.41, 5.74) is 1.08. The van der Waals surface area contributed by atoms with Gasteiger partial charge in [0.1, 0.15) is 0 Å². The summed E-state index contributed by atoms with van der Waals surface area (Å²) in [5.74, 6) is 0.465. The van der Waals surface area contributed by atoms with Gasteiger partial charge in [-0.3, -0.25) is 9.69 Å². The van der Waals surface area contributed by atoms with E-state index in [9.17, 15) is 4.79 Å². The Morgan fingerprint density at radius 2 is 2.27 bits per heavy atom. The maximum Gasteiger partial charge on any atom is 0.307 e. The zero-order valence-corrected chi connectivity index (χ0v) is 14.6. The molecule has 1 atom stereocenters. The number of ether oxygens (including phenoxy) is 2. The monoisotopic (exact) mass is 371 g/mol. The van der Waals surface area contributed by atoms with Gasteiger partial charge in [0, 0.05) is 13.1 Å². The summed E-state index contributed by atoms with van der Waals surface area (Å²) in [4.78, 5) is 13.2. The fourth-order valence-electron chi connectivity index (χ4n) is 2.64. The predicted molar refractivity (Wildman–Crippen MR) is 87.5 cm³/mol. The van der Waals surface area contributed by atoms with Crippen molar-refractivity contribution in [2.75, 3.05) is 26.8 Å². The molecule has 1 aliphatic heterocycles. The molecule has 2 rings (SSSR count). The first-order chi connectivity index (χ1) is 10.5. The van der Waals surface area contributed by atoms with E-state index in [0.29, 0.717) is 31.9 Å². The molecule has 0 radical (unpaired) electrons. The highest BCUT2D eigenvalue weighted by atomic mass is 79.9. The van der Waals surface area contributed by atoms with E-state index in [2.05, 4.69) is 27.8 Å². The van der Waals surface area contributed by atoms with Gasteiger partial charge in [0.05, 0.1) is 24.1 Å². The zero-order chi connectivity index (χ0) is 16.1. The third kappa shape index (κ3) is 4.14. The zero-order valence-electron chi connectivity index (χ0n) is 13.0.